The number of nitrogens with one attached hydrogen (secondary N) is 1. The maximum Gasteiger partial charge on any atom is 0.265 e. The van der Waals surface area contributed by atoms with E-state index < -0.39 is 36.5 Å². The lowest BCUT2D eigenvalue weighted by molar-refractivity contribution is -0.123. The molecule has 4 aromatic rings. The van der Waals surface area contributed by atoms with Crippen molar-refractivity contribution < 1.29 is 27.2 Å². The van der Waals surface area contributed by atoms with Gasteiger partial charge in [-0.1, -0.05) is 0 Å². The van der Waals surface area contributed by atoms with Crippen molar-refractivity contribution in [2.45, 2.75) is 101 Å². The summed E-state index contributed by atoms with van der Waals surface area (Å²) in [5.41, 5.74) is 7.71. The van der Waals surface area contributed by atoms with Crippen LogP contribution in [0.2, 0.25) is 0 Å². The number of nitrogens with zero attached hydrogens (tertiary/aromatic N) is 5. The monoisotopic (exact) mass is 677 g/mol. The first-order valence-electron chi connectivity index (χ1n) is 17.6. The van der Waals surface area contributed by atoms with Gasteiger partial charge < -0.3 is 25.1 Å². The summed E-state index contributed by atoms with van der Waals surface area (Å²) in [6.07, 6.45) is 2.64. The van der Waals surface area contributed by atoms with E-state index in [1.54, 1.807) is 23.1 Å². The molecular weight excluding hydrogens is 638 g/mol. The summed E-state index contributed by atoms with van der Waals surface area (Å²) in [6, 6.07) is 6.63. The molecule has 4 fully saturated rings. The number of carbonyl (C=O) groups is 2. The van der Waals surface area contributed by atoms with Crippen molar-refractivity contribution in [3.8, 4) is 11.5 Å². The molecule has 1 saturated heterocycles. The van der Waals surface area contributed by atoms with Gasteiger partial charge in [0.1, 0.15) is 23.2 Å². The largest absolute Gasteiger partial charge is 0.348 e. The standard InChI is InChI=1S/C36H39F4N7O2/c1-17-27-7-5-20-13-30(46(32(20)43-27)16-36(39,40)8-2-3-18-10-23(18)34(48)42-17)33-44-28-12-21(11-25(38)31(28)47(33)29-14-24(29)37)35(49)45-15-26(41)19-4-6-22(45)9-19/h5,7,11-13,17-19,22-24,26,29H,2-4,6,8-10,14-16,41H2,1H3,(H,42,48)/t17-,18-,19-,22+,23-,24+,26+,29+/m1/s1. The molecule has 0 spiro atoms. The molecule has 258 valence electrons. The van der Waals surface area contributed by atoms with Crippen molar-refractivity contribution in [1.29, 1.82) is 0 Å². The fourth-order valence-electron chi connectivity index (χ4n) is 8.78. The molecule has 13 heteroatoms. The van der Waals surface area contributed by atoms with E-state index in [9.17, 15) is 14.0 Å². The van der Waals surface area contributed by atoms with Gasteiger partial charge in [-0.15, -0.1) is 0 Å². The van der Waals surface area contributed by atoms with Crippen molar-refractivity contribution in [1.82, 2.24) is 29.3 Å². The lowest BCUT2D eigenvalue weighted by atomic mass is 9.94. The Kier molecular flexibility index (Phi) is 6.96. The van der Waals surface area contributed by atoms with Crippen LogP contribution in [0, 0.1) is 23.6 Å². The van der Waals surface area contributed by atoms with Gasteiger partial charge in [-0.25, -0.2) is 27.5 Å². The summed E-state index contributed by atoms with van der Waals surface area (Å²) in [7, 11) is 0. The molecule has 3 aromatic heterocycles. The predicted octanol–water partition coefficient (Wildman–Crippen LogP) is 6.06. The van der Waals surface area contributed by atoms with Gasteiger partial charge in [0.05, 0.1) is 35.5 Å². The van der Waals surface area contributed by atoms with Gasteiger partial charge in [0.25, 0.3) is 11.8 Å². The minimum atomic E-state index is -3.13. The number of aromatic nitrogens is 4. The number of carbonyl (C=O) groups excluding carboxylic acids is 2. The summed E-state index contributed by atoms with van der Waals surface area (Å²) >= 11 is 0. The van der Waals surface area contributed by atoms with Gasteiger partial charge in [0, 0.05) is 48.3 Å². The number of rotatable bonds is 3. The highest BCUT2D eigenvalue weighted by molar-refractivity contribution is 5.98. The summed E-state index contributed by atoms with van der Waals surface area (Å²) in [6.45, 7) is 1.51. The molecule has 2 aliphatic heterocycles. The number of hydrogen-bond acceptors (Lipinski definition) is 5. The number of amides is 2. The fraction of sp³-hybridized carbons (Fsp3) is 0.556. The van der Waals surface area contributed by atoms with E-state index in [4.69, 9.17) is 15.7 Å². The smallest absolute Gasteiger partial charge is 0.265 e. The van der Waals surface area contributed by atoms with Gasteiger partial charge in [0.2, 0.25) is 5.91 Å². The second-order valence-electron chi connectivity index (χ2n) is 15.1. The first kappa shape index (κ1) is 31.0. The van der Waals surface area contributed by atoms with Crippen molar-refractivity contribution in [3.63, 3.8) is 0 Å². The molecule has 3 N–H and O–H groups in total. The van der Waals surface area contributed by atoms with Gasteiger partial charge in [-0.3, -0.25) is 9.59 Å². The molecule has 4 bridgehead atoms. The number of likely N-dealkylation sites (tertiary alicyclic amines) is 1. The average Bonchev–Trinajstić information content (AvgIpc) is 3.84. The molecule has 5 heterocycles. The van der Waals surface area contributed by atoms with Gasteiger partial charge in [-0.05, 0) is 87.6 Å². The molecule has 0 unspecified atom stereocenters. The lowest BCUT2D eigenvalue weighted by Crippen LogP contribution is -2.51. The van der Waals surface area contributed by atoms with Gasteiger partial charge in [-0.2, -0.15) is 0 Å². The highest BCUT2D eigenvalue weighted by atomic mass is 19.3. The van der Waals surface area contributed by atoms with Crippen molar-refractivity contribution in [3.05, 3.63) is 47.4 Å². The normalized spacial score (nSPS) is 32.3. The zero-order chi connectivity index (χ0) is 33.9. The van der Waals surface area contributed by atoms with Crippen LogP contribution in [-0.4, -0.2) is 66.5 Å². The van der Waals surface area contributed by atoms with Crippen LogP contribution in [0.3, 0.4) is 0 Å². The molecule has 2 amide bonds. The second-order valence-corrected chi connectivity index (χ2v) is 15.1. The van der Waals surface area contributed by atoms with Crippen LogP contribution in [0.1, 0.15) is 86.4 Å². The second kappa shape index (κ2) is 11.0. The predicted molar refractivity (Wildman–Crippen MR) is 174 cm³/mol. The van der Waals surface area contributed by atoms with Crippen molar-refractivity contribution in [2.24, 2.45) is 23.5 Å². The summed E-state index contributed by atoms with van der Waals surface area (Å²) in [5.74, 6) is -3.81. The number of pyridine rings is 1. The Labute approximate surface area is 280 Å². The Hall–Kier alpha value is -4.00. The first-order valence-corrected chi connectivity index (χ1v) is 17.6. The van der Waals surface area contributed by atoms with E-state index in [1.807, 2.05) is 6.92 Å². The number of benzene rings is 1. The maximum absolute atomic E-state index is 16.2. The third-order valence-electron chi connectivity index (χ3n) is 11.7. The number of nitrogens with two attached hydrogens (primary N) is 1. The van der Waals surface area contributed by atoms with E-state index in [2.05, 4.69) is 5.32 Å². The van der Waals surface area contributed by atoms with Crippen LogP contribution in [0.5, 0.6) is 0 Å². The van der Waals surface area contributed by atoms with Crippen molar-refractivity contribution >= 4 is 33.9 Å². The summed E-state index contributed by atoms with van der Waals surface area (Å²) in [4.78, 5) is 37.9. The number of hydrogen-bond donors (Lipinski definition) is 2. The molecule has 49 heavy (non-hydrogen) atoms. The van der Waals surface area contributed by atoms with Crippen LogP contribution in [0.15, 0.2) is 30.3 Å². The highest BCUT2D eigenvalue weighted by Crippen LogP contribution is 2.47. The van der Waals surface area contributed by atoms with Crippen molar-refractivity contribution in [2.75, 3.05) is 6.54 Å². The SMILES string of the molecule is C[C@H]1NC(=O)[C@@H]2C[C@H]2CCCC(F)(F)Cn2c(-c3nc4cc(C(=O)N5C[C@H](N)[C@@H]6CC[C@H]5C6)cc(F)c4n3[C@H]3C[C@@H]3F)cc3ccc1nc32. The van der Waals surface area contributed by atoms with E-state index in [0.29, 0.717) is 36.4 Å². The number of alkyl halides is 3. The number of halogens is 4. The van der Waals surface area contributed by atoms with Crippen LogP contribution >= 0.6 is 0 Å². The van der Waals surface area contributed by atoms with Gasteiger partial charge >= 0.3 is 0 Å². The van der Waals surface area contributed by atoms with E-state index >= 15 is 13.2 Å². The molecule has 9 nitrogen and oxygen atoms in total. The fourth-order valence-corrected chi connectivity index (χ4v) is 8.78. The van der Waals surface area contributed by atoms with Crippen LogP contribution in [0.25, 0.3) is 33.6 Å². The Morgan fingerprint density at radius 3 is 2.67 bits per heavy atom. The molecule has 8 atom stereocenters. The minimum absolute atomic E-state index is 0.0302. The Bertz CT molecular complexity index is 2020. The molecule has 5 aliphatic rings. The van der Waals surface area contributed by atoms with E-state index in [-0.39, 0.29) is 88.8 Å². The molecule has 3 aliphatic carbocycles. The van der Waals surface area contributed by atoms with Crippen LogP contribution in [-0.2, 0) is 11.3 Å². The summed E-state index contributed by atoms with van der Waals surface area (Å²) < 4.78 is 65.6. The van der Waals surface area contributed by atoms with E-state index in [0.717, 1.165) is 19.3 Å². The lowest BCUT2D eigenvalue weighted by Gasteiger charge is -2.37. The third kappa shape index (κ3) is 5.21. The molecule has 3 saturated carbocycles. The highest BCUT2D eigenvalue weighted by Gasteiger charge is 2.46. The summed E-state index contributed by atoms with van der Waals surface area (Å²) in [5, 5.41) is 3.59. The topological polar surface area (TPSA) is 111 Å². The first-order chi connectivity index (χ1) is 23.5. The number of fused-ring (bicyclic) bond motifs is 5. The quantitative estimate of drug-likeness (QED) is 0.256. The number of piperidine rings is 1. The molecule has 0 radical (unpaired) electrons. The van der Waals surface area contributed by atoms with Crippen LogP contribution < -0.4 is 11.1 Å². The Balaban J connectivity index is 1.17. The van der Waals surface area contributed by atoms with Gasteiger partial charge in [0.15, 0.2) is 5.82 Å². The van der Waals surface area contributed by atoms with E-state index in [1.165, 1.54) is 21.3 Å². The zero-order valence-corrected chi connectivity index (χ0v) is 27.2. The molecule has 9 rings (SSSR count). The number of imidazole rings is 1. The Morgan fingerprint density at radius 1 is 1.06 bits per heavy atom. The molecule has 1 aromatic carbocycles. The van der Waals surface area contributed by atoms with Crippen LogP contribution in [0.4, 0.5) is 17.6 Å². The molecular formula is C36H39F4N7O2. The maximum atomic E-state index is 16.2. The average molecular weight is 678 g/mol. The third-order valence-corrected chi connectivity index (χ3v) is 11.7. The Morgan fingerprint density at radius 2 is 1.88 bits per heavy atom. The zero-order valence-electron chi connectivity index (χ0n) is 27.2. The minimum Gasteiger partial charge on any atom is -0.348 e.